The van der Waals surface area contributed by atoms with Gasteiger partial charge in [-0.25, -0.2) is 0 Å². The van der Waals surface area contributed by atoms with Gasteiger partial charge in [0.15, 0.2) is 0 Å². The molecule has 20 heavy (non-hydrogen) atoms. The van der Waals surface area contributed by atoms with Crippen molar-refractivity contribution in [1.29, 1.82) is 0 Å². The van der Waals surface area contributed by atoms with Gasteiger partial charge in [0.2, 0.25) is 0 Å². The highest BCUT2D eigenvalue weighted by Gasteiger charge is 2.10. The quantitative estimate of drug-likeness (QED) is 0.674. The number of nitrogens with two attached hydrogens (primary N) is 1. The Hall–Kier alpha value is -0.450. The highest BCUT2D eigenvalue weighted by atomic mass is 79.9. The molecule has 0 aliphatic carbocycles. The molecule has 0 fully saturated rings. The zero-order valence-corrected chi connectivity index (χ0v) is 14.2. The lowest BCUT2D eigenvalue weighted by atomic mass is 10.1. The van der Waals surface area contributed by atoms with E-state index in [1.807, 2.05) is 12.1 Å². The lowest BCUT2D eigenvalue weighted by Crippen LogP contribution is -2.02. The average molecular weight is 396 g/mol. The molecule has 2 aromatic carbocycles. The molecule has 0 heterocycles. The van der Waals surface area contributed by atoms with Crippen molar-refractivity contribution in [3.05, 3.63) is 55.4 Å². The minimum atomic E-state index is 0.448. The summed E-state index contributed by atoms with van der Waals surface area (Å²) in [5.74, 6) is 0.973. The largest absolute Gasteiger partial charge is 0.454 e. The van der Waals surface area contributed by atoms with Crippen LogP contribution >= 0.6 is 50.7 Å². The summed E-state index contributed by atoms with van der Waals surface area (Å²) in [5, 5.41) is 1.47. The Bertz CT molecular complexity index is 634. The first-order valence-electron chi connectivity index (χ1n) is 5.82. The molecule has 106 valence electrons. The van der Waals surface area contributed by atoms with Crippen LogP contribution in [0.2, 0.25) is 15.1 Å². The predicted octanol–water partition coefficient (Wildman–Crippen LogP) is 5.70. The fourth-order valence-electron chi connectivity index (χ4n) is 1.65. The number of hydrogen-bond donors (Lipinski definition) is 1. The standard InChI is InChI=1S/C14H11BrCl3NO/c15-9-6-12(18)14(7-10(9)16)20-13-2-1-8(3-4-19)5-11(13)17/h1-2,5-7H,3-4,19H2. The molecule has 0 atom stereocenters. The number of halogens is 4. The number of ether oxygens (including phenoxy) is 1. The van der Waals surface area contributed by atoms with Gasteiger partial charge in [-0.15, -0.1) is 0 Å². The van der Waals surface area contributed by atoms with Gasteiger partial charge in [0.05, 0.1) is 15.1 Å². The molecule has 0 saturated carbocycles. The van der Waals surface area contributed by atoms with Gasteiger partial charge in [0.25, 0.3) is 0 Å². The zero-order chi connectivity index (χ0) is 14.7. The van der Waals surface area contributed by atoms with Gasteiger partial charge in [0, 0.05) is 10.5 Å². The highest BCUT2D eigenvalue weighted by Crippen LogP contribution is 2.38. The minimum absolute atomic E-state index is 0.448. The molecular weight excluding hydrogens is 384 g/mol. The van der Waals surface area contributed by atoms with Crippen LogP contribution in [0.4, 0.5) is 0 Å². The van der Waals surface area contributed by atoms with Crippen molar-refractivity contribution in [3.63, 3.8) is 0 Å². The monoisotopic (exact) mass is 393 g/mol. The van der Waals surface area contributed by atoms with Crippen LogP contribution in [0.1, 0.15) is 5.56 Å². The van der Waals surface area contributed by atoms with Crippen molar-refractivity contribution in [2.24, 2.45) is 5.73 Å². The van der Waals surface area contributed by atoms with Crippen LogP contribution in [-0.4, -0.2) is 6.54 Å². The fraction of sp³-hybridized carbons (Fsp3) is 0.143. The van der Waals surface area contributed by atoms with Crippen molar-refractivity contribution in [1.82, 2.24) is 0 Å². The molecular formula is C14H11BrCl3NO. The first-order chi connectivity index (χ1) is 9.51. The summed E-state index contributed by atoms with van der Waals surface area (Å²) in [4.78, 5) is 0. The third-order valence-electron chi connectivity index (χ3n) is 2.62. The molecule has 2 N–H and O–H groups in total. The molecule has 2 rings (SSSR count). The SMILES string of the molecule is NCCc1ccc(Oc2cc(Cl)c(Br)cc2Cl)c(Cl)c1. The van der Waals surface area contributed by atoms with Gasteiger partial charge in [0.1, 0.15) is 11.5 Å². The minimum Gasteiger partial charge on any atom is -0.454 e. The third kappa shape index (κ3) is 3.80. The van der Waals surface area contributed by atoms with Crippen LogP contribution in [0, 0.1) is 0 Å². The lowest BCUT2D eigenvalue weighted by molar-refractivity contribution is 0.483. The maximum Gasteiger partial charge on any atom is 0.147 e. The smallest absolute Gasteiger partial charge is 0.147 e. The van der Waals surface area contributed by atoms with E-state index >= 15 is 0 Å². The molecule has 0 amide bonds. The van der Waals surface area contributed by atoms with Crippen LogP contribution < -0.4 is 10.5 Å². The van der Waals surface area contributed by atoms with E-state index in [9.17, 15) is 0 Å². The van der Waals surface area contributed by atoms with E-state index in [1.54, 1.807) is 18.2 Å². The molecule has 0 aromatic heterocycles. The molecule has 6 heteroatoms. The van der Waals surface area contributed by atoms with E-state index < -0.39 is 0 Å². The molecule has 0 radical (unpaired) electrons. The summed E-state index contributed by atoms with van der Waals surface area (Å²) in [7, 11) is 0. The Balaban J connectivity index is 2.28. The summed E-state index contributed by atoms with van der Waals surface area (Å²) < 4.78 is 6.42. The van der Waals surface area contributed by atoms with Crippen LogP contribution in [-0.2, 0) is 6.42 Å². The van der Waals surface area contributed by atoms with E-state index in [0.717, 1.165) is 12.0 Å². The predicted molar refractivity (Wildman–Crippen MR) is 88.4 cm³/mol. The first kappa shape index (κ1) is 15.9. The van der Waals surface area contributed by atoms with E-state index in [4.69, 9.17) is 45.3 Å². The van der Waals surface area contributed by atoms with E-state index in [1.165, 1.54) is 0 Å². The van der Waals surface area contributed by atoms with Crippen LogP contribution in [0.5, 0.6) is 11.5 Å². The van der Waals surface area contributed by atoms with E-state index in [-0.39, 0.29) is 0 Å². The molecule has 0 unspecified atom stereocenters. The molecule has 2 aromatic rings. The average Bonchev–Trinajstić information content (AvgIpc) is 2.39. The molecule has 2 nitrogen and oxygen atoms in total. The van der Waals surface area contributed by atoms with E-state index in [0.29, 0.717) is 37.6 Å². The van der Waals surface area contributed by atoms with Gasteiger partial charge in [-0.2, -0.15) is 0 Å². The molecule has 0 aliphatic rings. The number of rotatable bonds is 4. The van der Waals surface area contributed by atoms with Gasteiger partial charge < -0.3 is 10.5 Å². The van der Waals surface area contributed by atoms with Crippen molar-refractivity contribution >= 4 is 50.7 Å². The Morgan fingerprint density at radius 2 is 1.65 bits per heavy atom. The van der Waals surface area contributed by atoms with Gasteiger partial charge >= 0.3 is 0 Å². The molecule has 0 bridgehead atoms. The maximum atomic E-state index is 6.19. The topological polar surface area (TPSA) is 35.2 Å². The van der Waals surface area contributed by atoms with E-state index in [2.05, 4.69) is 15.9 Å². The van der Waals surface area contributed by atoms with Crippen LogP contribution in [0.25, 0.3) is 0 Å². The summed E-state index contributed by atoms with van der Waals surface area (Å²) in [5.41, 5.74) is 6.57. The van der Waals surface area contributed by atoms with Crippen molar-refractivity contribution in [2.75, 3.05) is 6.54 Å². The van der Waals surface area contributed by atoms with Crippen molar-refractivity contribution in [2.45, 2.75) is 6.42 Å². The second-order valence-corrected chi connectivity index (χ2v) is 6.18. The van der Waals surface area contributed by atoms with Crippen molar-refractivity contribution in [3.8, 4) is 11.5 Å². The van der Waals surface area contributed by atoms with Crippen LogP contribution in [0.15, 0.2) is 34.8 Å². The summed E-state index contributed by atoms with van der Waals surface area (Å²) in [6.45, 7) is 0.574. The molecule has 0 aliphatic heterocycles. The maximum absolute atomic E-state index is 6.19. The van der Waals surface area contributed by atoms with Gasteiger partial charge in [-0.3, -0.25) is 0 Å². The molecule has 0 saturated heterocycles. The van der Waals surface area contributed by atoms with Crippen molar-refractivity contribution < 1.29 is 4.74 Å². The summed E-state index contributed by atoms with van der Waals surface area (Å²) in [6, 6.07) is 8.86. The Labute approximate surface area is 140 Å². The first-order valence-corrected chi connectivity index (χ1v) is 7.75. The highest BCUT2D eigenvalue weighted by molar-refractivity contribution is 9.10. The lowest BCUT2D eigenvalue weighted by Gasteiger charge is -2.11. The zero-order valence-electron chi connectivity index (χ0n) is 10.3. The van der Waals surface area contributed by atoms with Gasteiger partial charge in [-0.05, 0) is 52.7 Å². The number of benzene rings is 2. The van der Waals surface area contributed by atoms with Gasteiger partial charge in [-0.1, -0.05) is 40.9 Å². The fourth-order valence-corrected chi connectivity index (χ4v) is 2.72. The Morgan fingerprint density at radius 3 is 2.30 bits per heavy atom. The third-order valence-corrected chi connectivity index (χ3v) is 4.41. The Morgan fingerprint density at radius 1 is 0.950 bits per heavy atom. The second-order valence-electron chi connectivity index (χ2n) is 4.10. The Kier molecular flexibility index (Phi) is 5.58. The summed E-state index contributed by atoms with van der Waals surface area (Å²) in [6.07, 6.45) is 0.769. The number of hydrogen-bond acceptors (Lipinski definition) is 2. The molecule has 0 spiro atoms. The van der Waals surface area contributed by atoms with Crippen LogP contribution in [0.3, 0.4) is 0 Å². The normalized spacial score (nSPS) is 10.7. The second kappa shape index (κ2) is 7.01. The summed E-state index contributed by atoms with van der Waals surface area (Å²) >= 11 is 21.6.